The fourth-order valence-corrected chi connectivity index (χ4v) is 7.73. The van der Waals surface area contributed by atoms with Gasteiger partial charge in [0.25, 0.3) is 0 Å². The third-order valence-corrected chi connectivity index (χ3v) is 10.3. The summed E-state index contributed by atoms with van der Waals surface area (Å²) in [4.78, 5) is 33.1. The average Bonchev–Trinajstić information content (AvgIpc) is 3.76. The molecule has 0 bridgehead atoms. The Labute approximate surface area is 255 Å². The summed E-state index contributed by atoms with van der Waals surface area (Å²) in [5.74, 6) is 7.76. The minimum atomic E-state index is 0.142. The van der Waals surface area contributed by atoms with Crippen molar-refractivity contribution in [3.05, 3.63) is 29.3 Å². The summed E-state index contributed by atoms with van der Waals surface area (Å²) in [6.45, 7) is 11.7. The van der Waals surface area contributed by atoms with Crippen molar-refractivity contribution in [1.29, 1.82) is 0 Å². The average molecular weight is 620 g/mol. The van der Waals surface area contributed by atoms with Crippen LogP contribution in [0.2, 0.25) is 0 Å². The van der Waals surface area contributed by atoms with Crippen LogP contribution in [0.5, 0.6) is 0 Å². The molecular weight excluding hydrogens is 578 g/mol. The molecule has 5 fully saturated rings. The van der Waals surface area contributed by atoms with Crippen molar-refractivity contribution >= 4 is 35.3 Å². The van der Waals surface area contributed by atoms with E-state index in [-0.39, 0.29) is 17.8 Å². The van der Waals surface area contributed by atoms with Crippen LogP contribution in [-0.2, 0) is 27.4 Å². The van der Waals surface area contributed by atoms with E-state index in [0.717, 1.165) is 106 Å². The zero-order valence-electron chi connectivity index (χ0n) is 24.3. The first kappa shape index (κ1) is 29.9. The molecule has 0 saturated carbocycles. The third kappa shape index (κ3) is 7.50. The molecular formula is C28H41N7O5S2. The molecule has 0 N–H and O–H groups in total. The molecule has 7 rings (SSSR count). The number of rotatable bonds is 7. The van der Waals surface area contributed by atoms with Gasteiger partial charge in [0.1, 0.15) is 0 Å². The summed E-state index contributed by atoms with van der Waals surface area (Å²) in [7, 11) is 0. The van der Waals surface area contributed by atoms with Gasteiger partial charge in [-0.05, 0) is 13.3 Å². The number of amides is 2. The highest BCUT2D eigenvalue weighted by molar-refractivity contribution is 7.99. The monoisotopic (exact) mass is 619 g/mol. The molecule has 12 nitrogen and oxygen atoms in total. The summed E-state index contributed by atoms with van der Waals surface area (Å²) in [5.41, 5.74) is 0.911. The van der Waals surface area contributed by atoms with Gasteiger partial charge in [-0.2, -0.15) is 23.5 Å². The number of nitrogens with zero attached hydrogens (tertiary/aromatic N) is 7. The minimum absolute atomic E-state index is 0.142. The number of hydrogen-bond acceptors (Lipinski definition) is 12. The molecule has 2 aromatic heterocycles. The molecule has 0 aliphatic carbocycles. The van der Waals surface area contributed by atoms with Crippen molar-refractivity contribution in [1.82, 2.24) is 35.0 Å². The summed E-state index contributed by atoms with van der Waals surface area (Å²) < 4.78 is 16.3. The molecule has 5 saturated heterocycles. The normalized spacial score (nSPS) is 24.2. The number of hydrogen-bond donors (Lipinski definition) is 0. The zero-order chi connectivity index (χ0) is 28.9. The van der Waals surface area contributed by atoms with Crippen molar-refractivity contribution in [2.75, 3.05) is 88.6 Å². The van der Waals surface area contributed by atoms with Gasteiger partial charge in [-0.15, -0.1) is 10.2 Å². The van der Waals surface area contributed by atoms with Gasteiger partial charge in [0.15, 0.2) is 5.76 Å². The lowest BCUT2D eigenvalue weighted by molar-refractivity contribution is -0.141. The highest BCUT2D eigenvalue weighted by Gasteiger charge is 2.37. The predicted octanol–water partition coefficient (Wildman–Crippen LogP) is 1.57. The maximum Gasteiger partial charge on any atom is 0.230 e. The van der Waals surface area contributed by atoms with Crippen LogP contribution in [0.1, 0.15) is 35.6 Å². The number of aryl methyl sites for hydroxylation is 1. The molecule has 14 heteroatoms. The van der Waals surface area contributed by atoms with E-state index in [9.17, 15) is 9.59 Å². The van der Waals surface area contributed by atoms with Crippen LogP contribution in [0.4, 0.5) is 0 Å². The van der Waals surface area contributed by atoms with Crippen LogP contribution in [-0.4, -0.2) is 135 Å². The molecule has 0 aromatic carbocycles. The quantitative estimate of drug-likeness (QED) is 0.447. The lowest BCUT2D eigenvalue weighted by atomic mass is 9.98. The molecule has 5 aliphatic rings. The molecule has 42 heavy (non-hydrogen) atoms. The minimum Gasteiger partial charge on any atom is -0.423 e. The molecule has 1 unspecified atom stereocenters. The lowest BCUT2D eigenvalue weighted by Gasteiger charge is -2.40. The Morgan fingerprint density at radius 1 is 0.881 bits per heavy atom. The highest BCUT2D eigenvalue weighted by atomic mass is 32.2. The van der Waals surface area contributed by atoms with E-state index >= 15 is 0 Å². The molecule has 2 amide bonds. The smallest absolute Gasteiger partial charge is 0.230 e. The van der Waals surface area contributed by atoms with E-state index in [2.05, 4.69) is 25.2 Å². The number of ether oxygens (including phenoxy) is 1. The van der Waals surface area contributed by atoms with Gasteiger partial charge >= 0.3 is 0 Å². The van der Waals surface area contributed by atoms with E-state index in [4.69, 9.17) is 13.7 Å². The van der Waals surface area contributed by atoms with Crippen molar-refractivity contribution < 1.29 is 23.3 Å². The maximum atomic E-state index is 12.4. The van der Waals surface area contributed by atoms with E-state index in [1.165, 1.54) is 0 Å². The third-order valence-electron chi connectivity index (χ3n) is 8.43. The van der Waals surface area contributed by atoms with E-state index in [1.807, 2.05) is 46.3 Å². The van der Waals surface area contributed by atoms with Crippen LogP contribution in [0, 0.1) is 18.8 Å². The fraction of sp³-hybridized carbons (Fsp3) is 0.750. The van der Waals surface area contributed by atoms with Crippen LogP contribution in [0.3, 0.4) is 0 Å². The Bertz CT molecular complexity index is 1180. The standard InChI is InChI=1S/C15H22N4O3S.C13H19N3O2S/c20-15(19-2-5-23-6-3-19)12-7-18(8-12)9-13-16-17-14(22-13)11-1-4-21-10-11;1-10-6-12(18-14-10)9-15-7-11(8-15)13(17)16-2-4-19-5-3-16/h11-12H,1-10H2;6,11H,2-5,7-9H2,1H3. The topological polar surface area (TPSA) is 121 Å². The van der Waals surface area contributed by atoms with Gasteiger partial charge in [0, 0.05) is 88.0 Å². The molecule has 1 atom stereocenters. The molecule has 2 aromatic rings. The highest BCUT2D eigenvalue weighted by Crippen LogP contribution is 2.26. The van der Waals surface area contributed by atoms with Gasteiger partial charge in [-0.3, -0.25) is 19.4 Å². The van der Waals surface area contributed by atoms with Crippen LogP contribution < -0.4 is 0 Å². The van der Waals surface area contributed by atoms with E-state index < -0.39 is 0 Å². The van der Waals surface area contributed by atoms with Gasteiger partial charge in [-0.1, -0.05) is 5.16 Å². The number of carbonyl (C=O) groups excluding carboxylic acids is 2. The summed E-state index contributed by atoms with van der Waals surface area (Å²) in [6.07, 6.45) is 0.954. The first-order valence-electron chi connectivity index (χ1n) is 15.0. The van der Waals surface area contributed by atoms with Crippen LogP contribution >= 0.6 is 23.5 Å². The zero-order valence-corrected chi connectivity index (χ0v) is 26.0. The first-order chi connectivity index (χ1) is 20.5. The van der Waals surface area contributed by atoms with Gasteiger partial charge in [-0.25, -0.2) is 0 Å². The molecule has 7 heterocycles. The summed E-state index contributed by atoms with van der Waals surface area (Å²) >= 11 is 3.86. The van der Waals surface area contributed by atoms with Crippen LogP contribution in [0.15, 0.2) is 15.0 Å². The maximum absolute atomic E-state index is 12.4. The van der Waals surface area contributed by atoms with Gasteiger partial charge < -0.3 is 23.5 Å². The van der Waals surface area contributed by atoms with Crippen molar-refractivity contribution in [3.63, 3.8) is 0 Å². The Kier molecular flexibility index (Phi) is 10.0. The van der Waals surface area contributed by atoms with Crippen LogP contribution in [0.25, 0.3) is 0 Å². The molecule has 5 aliphatic heterocycles. The van der Waals surface area contributed by atoms with Crippen molar-refractivity contribution in [2.45, 2.75) is 32.4 Å². The second-order valence-corrected chi connectivity index (χ2v) is 14.1. The first-order valence-corrected chi connectivity index (χ1v) is 17.3. The van der Waals surface area contributed by atoms with Crippen molar-refractivity contribution in [2.24, 2.45) is 11.8 Å². The summed E-state index contributed by atoms with van der Waals surface area (Å²) in [6, 6.07) is 1.96. The van der Waals surface area contributed by atoms with E-state index in [0.29, 0.717) is 36.7 Å². The largest absolute Gasteiger partial charge is 0.423 e. The number of aromatic nitrogens is 3. The lowest BCUT2D eigenvalue weighted by Crippen LogP contribution is -2.55. The van der Waals surface area contributed by atoms with Gasteiger partial charge in [0.2, 0.25) is 23.6 Å². The molecule has 0 radical (unpaired) electrons. The second-order valence-electron chi connectivity index (χ2n) is 11.7. The second kappa shape index (κ2) is 14.1. The Balaban J connectivity index is 0.000000153. The molecule has 0 spiro atoms. The fourth-order valence-electron chi connectivity index (χ4n) is 5.92. The number of likely N-dealkylation sites (tertiary alicyclic amines) is 2. The SMILES string of the molecule is Cc1cc(CN2CC(C(=O)N3CCSCC3)C2)on1.O=C(C1CN(Cc2nnc(C3CCOC3)o2)C1)N1CCSCC1. The predicted molar refractivity (Wildman–Crippen MR) is 159 cm³/mol. The Morgan fingerprint density at radius 2 is 1.48 bits per heavy atom. The number of carbonyl (C=O) groups is 2. The Morgan fingerprint density at radius 3 is 2.00 bits per heavy atom. The van der Waals surface area contributed by atoms with Crippen molar-refractivity contribution in [3.8, 4) is 0 Å². The van der Waals surface area contributed by atoms with Gasteiger partial charge in [0.05, 0.1) is 43.1 Å². The molecule has 230 valence electrons. The Hall–Kier alpha value is -2.13. The van der Waals surface area contributed by atoms with E-state index in [1.54, 1.807) is 0 Å². The number of thioether (sulfide) groups is 2. The summed E-state index contributed by atoms with van der Waals surface area (Å²) in [5, 5.41) is 12.1.